The fourth-order valence-corrected chi connectivity index (χ4v) is 1.81. The molecule has 0 aliphatic carbocycles. The number of aliphatic carboxylic acids is 1. The Hall–Kier alpha value is -2.37. The molecule has 0 radical (unpaired) electrons. The van der Waals surface area contributed by atoms with Gasteiger partial charge in [0.05, 0.1) is 0 Å². The van der Waals surface area contributed by atoms with Gasteiger partial charge in [0.15, 0.2) is 5.78 Å². The van der Waals surface area contributed by atoms with Gasteiger partial charge in [-0.2, -0.15) is 0 Å². The molecule has 21 heavy (non-hydrogen) atoms. The number of nitrogens with one attached hydrogen (secondary N) is 2. The molecule has 0 spiro atoms. The fourth-order valence-electron chi connectivity index (χ4n) is 1.81. The number of carbonyl (C=O) groups is 3. The molecule has 6 heteroatoms. The number of amides is 2. The molecule has 1 rings (SSSR count). The third-order valence-corrected chi connectivity index (χ3v) is 2.95. The topological polar surface area (TPSA) is 95.5 Å². The second-order valence-electron chi connectivity index (χ2n) is 4.92. The first kappa shape index (κ1) is 16.7. The zero-order valence-corrected chi connectivity index (χ0v) is 12.2. The number of rotatable bonds is 7. The SMILES string of the molecule is CC(=O)c1ccc(NC(=O)NC(C)CCCC(=O)O)cc1. The van der Waals surface area contributed by atoms with Crippen molar-refractivity contribution in [2.24, 2.45) is 0 Å². The Labute approximate surface area is 123 Å². The lowest BCUT2D eigenvalue weighted by molar-refractivity contribution is -0.137. The van der Waals surface area contributed by atoms with E-state index >= 15 is 0 Å². The summed E-state index contributed by atoms with van der Waals surface area (Å²) in [7, 11) is 0. The van der Waals surface area contributed by atoms with Crippen LogP contribution in [-0.4, -0.2) is 28.9 Å². The molecule has 0 aromatic heterocycles. The van der Waals surface area contributed by atoms with Crippen LogP contribution in [0.4, 0.5) is 10.5 Å². The number of benzene rings is 1. The Bertz CT molecular complexity index is 511. The first-order valence-electron chi connectivity index (χ1n) is 6.79. The first-order valence-corrected chi connectivity index (χ1v) is 6.79. The van der Waals surface area contributed by atoms with Gasteiger partial charge in [0.25, 0.3) is 0 Å². The number of carbonyl (C=O) groups excluding carboxylic acids is 2. The number of anilines is 1. The molecular formula is C15H20N2O4. The Kier molecular flexibility index (Phi) is 6.39. The summed E-state index contributed by atoms with van der Waals surface area (Å²) < 4.78 is 0. The molecular weight excluding hydrogens is 272 g/mol. The fraction of sp³-hybridized carbons (Fsp3) is 0.400. The van der Waals surface area contributed by atoms with Gasteiger partial charge < -0.3 is 15.7 Å². The summed E-state index contributed by atoms with van der Waals surface area (Å²) in [4.78, 5) is 33.3. The van der Waals surface area contributed by atoms with Crippen molar-refractivity contribution in [3.8, 4) is 0 Å². The molecule has 6 nitrogen and oxygen atoms in total. The van der Waals surface area contributed by atoms with Gasteiger partial charge in [0.2, 0.25) is 0 Å². The third-order valence-electron chi connectivity index (χ3n) is 2.95. The number of hydrogen-bond donors (Lipinski definition) is 3. The number of ketones is 1. The number of Topliss-reactive ketones (excluding diaryl/α,β-unsaturated/α-hetero) is 1. The van der Waals surface area contributed by atoms with E-state index in [2.05, 4.69) is 10.6 Å². The lowest BCUT2D eigenvalue weighted by Crippen LogP contribution is -2.36. The molecule has 1 aromatic carbocycles. The van der Waals surface area contributed by atoms with Crippen LogP contribution in [-0.2, 0) is 4.79 Å². The second kappa shape index (κ2) is 8.04. The molecule has 0 saturated carbocycles. The van der Waals surface area contributed by atoms with Gasteiger partial charge in [-0.25, -0.2) is 4.79 Å². The maximum Gasteiger partial charge on any atom is 0.319 e. The van der Waals surface area contributed by atoms with Crippen LogP contribution in [0.2, 0.25) is 0 Å². The van der Waals surface area contributed by atoms with Gasteiger partial charge in [0, 0.05) is 23.7 Å². The van der Waals surface area contributed by atoms with Crippen LogP contribution in [0.5, 0.6) is 0 Å². The molecule has 1 unspecified atom stereocenters. The molecule has 114 valence electrons. The van der Waals surface area contributed by atoms with Crippen LogP contribution < -0.4 is 10.6 Å². The van der Waals surface area contributed by atoms with Gasteiger partial charge in [-0.15, -0.1) is 0 Å². The van der Waals surface area contributed by atoms with E-state index in [1.165, 1.54) is 6.92 Å². The standard InChI is InChI=1S/C15H20N2O4/c1-10(4-3-5-14(19)20)16-15(21)17-13-8-6-12(7-9-13)11(2)18/h6-10H,3-5H2,1-2H3,(H,19,20)(H2,16,17,21). The predicted molar refractivity (Wildman–Crippen MR) is 79.5 cm³/mol. The average Bonchev–Trinajstić information content (AvgIpc) is 2.38. The molecule has 0 saturated heterocycles. The van der Waals surface area contributed by atoms with Crippen molar-refractivity contribution in [1.29, 1.82) is 0 Å². The van der Waals surface area contributed by atoms with Gasteiger partial charge >= 0.3 is 12.0 Å². The van der Waals surface area contributed by atoms with E-state index in [1.807, 2.05) is 6.92 Å². The zero-order valence-electron chi connectivity index (χ0n) is 12.2. The summed E-state index contributed by atoms with van der Waals surface area (Å²) >= 11 is 0. The lowest BCUT2D eigenvalue weighted by atomic mass is 10.1. The summed E-state index contributed by atoms with van der Waals surface area (Å²) in [6.07, 6.45) is 1.22. The maximum atomic E-state index is 11.7. The Balaban J connectivity index is 2.39. The smallest absolute Gasteiger partial charge is 0.319 e. The van der Waals surface area contributed by atoms with Crippen molar-refractivity contribution in [2.45, 2.75) is 39.2 Å². The molecule has 0 bridgehead atoms. The lowest BCUT2D eigenvalue weighted by Gasteiger charge is -2.14. The molecule has 0 aliphatic rings. The van der Waals surface area contributed by atoms with E-state index in [4.69, 9.17) is 5.11 Å². The highest BCUT2D eigenvalue weighted by atomic mass is 16.4. The molecule has 3 N–H and O–H groups in total. The summed E-state index contributed by atoms with van der Waals surface area (Å²) in [5, 5.41) is 13.9. The van der Waals surface area contributed by atoms with Gasteiger partial charge in [-0.3, -0.25) is 9.59 Å². The van der Waals surface area contributed by atoms with Crippen molar-refractivity contribution >= 4 is 23.5 Å². The predicted octanol–water partition coefficient (Wildman–Crippen LogP) is 2.65. The van der Waals surface area contributed by atoms with Crippen molar-refractivity contribution in [1.82, 2.24) is 5.32 Å². The highest BCUT2D eigenvalue weighted by Crippen LogP contribution is 2.10. The number of hydrogen-bond acceptors (Lipinski definition) is 3. The van der Waals surface area contributed by atoms with Crippen molar-refractivity contribution in [3.05, 3.63) is 29.8 Å². The van der Waals surface area contributed by atoms with Crippen LogP contribution in [0.25, 0.3) is 0 Å². The summed E-state index contributed by atoms with van der Waals surface area (Å²) in [5.74, 6) is -0.865. The summed E-state index contributed by atoms with van der Waals surface area (Å²) in [5.41, 5.74) is 1.18. The molecule has 0 heterocycles. The molecule has 2 amide bonds. The van der Waals surface area contributed by atoms with Gasteiger partial charge in [-0.1, -0.05) is 0 Å². The van der Waals surface area contributed by atoms with Crippen LogP contribution in [0.1, 0.15) is 43.5 Å². The zero-order chi connectivity index (χ0) is 15.8. The number of urea groups is 1. The van der Waals surface area contributed by atoms with E-state index in [9.17, 15) is 14.4 Å². The van der Waals surface area contributed by atoms with Crippen LogP contribution in [0, 0.1) is 0 Å². The molecule has 1 atom stereocenters. The van der Waals surface area contributed by atoms with E-state index in [0.717, 1.165) is 0 Å². The van der Waals surface area contributed by atoms with Crippen molar-refractivity contribution in [3.63, 3.8) is 0 Å². The van der Waals surface area contributed by atoms with Gasteiger partial charge in [0.1, 0.15) is 0 Å². The van der Waals surface area contributed by atoms with E-state index < -0.39 is 5.97 Å². The molecule has 0 aliphatic heterocycles. The summed E-state index contributed by atoms with van der Waals surface area (Å²) in [6.45, 7) is 3.30. The minimum atomic E-state index is -0.836. The minimum absolute atomic E-state index is 0.0296. The van der Waals surface area contributed by atoms with Crippen LogP contribution in [0.15, 0.2) is 24.3 Å². The largest absolute Gasteiger partial charge is 0.481 e. The normalized spacial score (nSPS) is 11.5. The quantitative estimate of drug-likeness (QED) is 0.673. The van der Waals surface area contributed by atoms with Crippen molar-refractivity contribution < 1.29 is 19.5 Å². The molecule has 0 fully saturated rings. The van der Waals surface area contributed by atoms with Crippen LogP contribution in [0.3, 0.4) is 0 Å². The molecule has 1 aromatic rings. The maximum absolute atomic E-state index is 11.7. The first-order chi connectivity index (χ1) is 9.88. The van der Waals surface area contributed by atoms with E-state index in [-0.39, 0.29) is 24.3 Å². The highest BCUT2D eigenvalue weighted by Gasteiger charge is 2.08. The average molecular weight is 292 g/mol. The summed E-state index contributed by atoms with van der Waals surface area (Å²) in [6, 6.07) is 6.15. The Morgan fingerprint density at radius 1 is 1.19 bits per heavy atom. The minimum Gasteiger partial charge on any atom is -0.481 e. The van der Waals surface area contributed by atoms with Gasteiger partial charge in [-0.05, 0) is 51.0 Å². The second-order valence-corrected chi connectivity index (χ2v) is 4.92. The van der Waals surface area contributed by atoms with E-state index in [0.29, 0.717) is 24.1 Å². The Morgan fingerprint density at radius 2 is 1.81 bits per heavy atom. The monoisotopic (exact) mass is 292 g/mol. The highest BCUT2D eigenvalue weighted by molar-refractivity contribution is 5.95. The third kappa shape index (κ3) is 6.56. The Morgan fingerprint density at radius 3 is 2.33 bits per heavy atom. The number of carboxylic acids is 1. The van der Waals surface area contributed by atoms with Crippen LogP contribution >= 0.6 is 0 Å². The number of carboxylic acid groups (broad SMARTS) is 1. The van der Waals surface area contributed by atoms with Crippen molar-refractivity contribution in [2.75, 3.05) is 5.32 Å². The van der Waals surface area contributed by atoms with E-state index in [1.54, 1.807) is 24.3 Å².